The van der Waals surface area contributed by atoms with E-state index in [2.05, 4.69) is 6.92 Å². The van der Waals surface area contributed by atoms with Gasteiger partial charge in [-0.1, -0.05) is 33.6 Å². The van der Waals surface area contributed by atoms with Crippen molar-refractivity contribution in [1.29, 1.82) is 0 Å². The maximum absolute atomic E-state index is 13.0. The molecule has 2 aliphatic rings. The Hall–Kier alpha value is -0.0700. The lowest BCUT2D eigenvalue weighted by Gasteiger charge is -2.35. The SMILES string of the molecule is CC.CC1CCC(C2CCC(F)CC2)CC1. The minimum absolute atomic E-state index is 0.478. The highest BCUT2D eigenvalue weighted by Crippen LogP contribution is 2.40. The lowest BCUT2D eigenvalue weighted by molar-refractivity contribution is 0.131. The Balaban J connectivity index is 0.000000606. The van der Waals surface area contributed by atoms with E-state index in [0.717, 1.165) is 30.6 Å². The van der Waals surface area contributed by atoms with Crippen LogP contribution in [0, 0.1) is 17.8 Å². The van der Waals surface area contributed by atoms with Gasteiger partial charge in [-0.05, 0) is 56.3 Å². The molecule has 2 saturated carbocycles. The van der Waals surface area contributed by atoms with Crippen LogP contribution in [0.15, 0.2) is 0 Å². The van der Waals surface area contributed by atoms with Crippen molar-refractivity contribution in [3.63, 3.8) is 0 Å². The van der Waals surface area contributed by atoms with Crippen LogP contribution in [0.5, 0.6) is 0 Å². The summed E-state index contributed by atoms with van der Waals surface area (Å²) in [6.07, 6.45) is 9.22. The highest BCUT2D eigenvalue weighted by molar-refractivity contribution is 4.80. The lowest BCUT2D eigenvalue weighted by atomic mass is 9.71. The van der Waals surface area contributed by atoms with Crippen molar-refractivity contribution in [2.24, 2.45) is 17.8 Å². The van der Waals surface area contributed by atoms with Crippen molar-refractivity contribution in [3.05, 3.63) is 0 Å². The first-order valence-corrected chi connectivity index (χ1v) is 7.39. The molecule has 2 aliphatic carbocycles. The standard InChI is InChI=1S/C13H23F.C2H6/c1-10-2-4-11(5-3-10)12-6-8-13(14)9-7-12;1-2/h10-13H,2-9H2,1H3;1-2H3. The normalized spacial score (nSPS) is 39.8. The van der Waals surface area contributed by atoms with Gasteiger partial charge in [0.2, 0.25) is 0 Å². The molecule has 0 unspecified atom stereocenters. The Kier molecular flexibility index (Phi) is 6.38. The monoisotopic (exact) mass is 228 g/mol. The molecule has 0 aromatic rings. The third-order valence-electron chi connectivity index (χ3n) is 4.43. The van der Waals surface area contributed by atoms with Crippen LogP contribution in [0.1, 0.15) is 72.1 Å². The van der Waals surface area contributed by atoms with Gasteiger partial charge in [0.25, 0.3) is 0 Å². The number of alkyl halides is 1. The highest BCUT2D eigenvalue weighted by atomic mass is 19.1. The van der Waals surface area contributed by atoms with Gasteiger partial charge in [0, 0.05) is 0 Å². The van der Waals surface area contributed by atoms with Gasteiger partial charge in [0.05, 0.1) is 0 Å². The molecule has 1 heteroatoms. The molecule has 0 aliphatic heterocycles. The predicted octanol–water partition coefficient (Wildman–Crippen LogP) is 5.37. The van der Waals surface area contributed by atoms with Gasteiger partial charge in [-0.15, -0.1) is 0 Å². The molecular weight excluding hydrogens is 199 g/mol. The summed E-state index contributed by atoms with van der Waals surface area (Å²) in [5.74, 6) is 2.76. The van der Waals surface area contributed by atoms with Gasteiger partial charge in [0.15, 0.2) is 0 Å². The molecule has 0 atom stereocenters. The first kappa shape index (κ1) is 14.0. The van der Waals surface area contributed by atoms with Crippen LogP contribution < -0.4 is 0 Å². The van der Waals surface area contributed by atoms with Crippen molar-refractivity contribution >= 4 is 0 Å². The van der Waals surface area contributed by atoms with Crippen LogP contribution >= 0.6 is 0 Å². The van der Waals surface area contributed by atoms with Crippen molar-refractivity contribution < 1.29 is 4.39 Å². The van der Waals surface area contributed by atoms with Crippen molar-refractivity contribution in [2.45, 2.75) is 78.3 Å². The summed E-state index contributed by atoms with van der Waals surface area (Å²) in [5, 5.41) is 0. The van der Waals surface area contributed by atoms with Crippen LogP contribution in [0.3, 0.4) is 0 Å². The molecule has 0 bridgehead atoms. The Bertz CT molecular complexity index is 142. The van der Waals surface area contributed by atoms with Crippen LogP contribution in [-0.4, -0.2) is 6.17 Å². The number of rotatable bonds is 1. The third kappa shape index (κ3) is 4.07. The lowest BCUT2D eigenvalue weighted by Crippen LogP contribution is -2.25. The first-order chi connectivity index (χ1) is 7.75. The molecule has 2 rings (SSSR count). The zero-order valence-corrected chi connectivity index (χ0v) is 11.3. The quantitative estimate of drug-likeness (QED) is 0.566. The summed E-state index contributed by atoms with van der Waals surface area (Å²) in [7, 11) is 0. The van der Waals surface area contributed by atoms with E-state index >= 15 is 0 Å². The maximum atomic E-state index is 13.0. The van der Waals surface area contributed by atoms with E-state index in [1.807, 2.05) is 13.8 Å². The van der Waals surface area contributed by atoms with Gasteiger partial charge < -0.3 is 0 Å². The Morgan fingerprint density at radius 3 is 1.50 bits per heavy atom. The summed E-state index contributed by atoms with van der Waals surface area (Å²) in [6, 6.07) is 0. The zero-order valence-electron chi connectivity index (χ0n) is 11.3. The van der Waals surface area contributed by atoms with E-state index in [1.54, 1.807) is 0 Å². The number of hydrogen-bond donors (Lipinski definition) is 0. The fraction of sp³-hybridized carbons (Fsp3) is 1.00. The second-order valence-corrected chi connectivity index (χ2v) is 5.53. The molecule has 0 nitrogen and oxygen atoms in total. The molecular formula is C15H29F. The van der Waals surface area contributed by atoms with Crippen LogP contribution in [0.2, 0.25) is 0 Å². The summed E-state index contributed by atoms with van der Waals surface area (Å²) in [6.45, 7) is 6.37. The molecule has 0 N–H and O–H groups in total. The first-order valence-electron chi connectivity index (χ1n) is 7.39. The molecule has 0 aromatic heterocycles. The minimum Gasteiger partial charge on any atom is -0.247 e. The second-order valence-electron chi connectivity index (χ2n) is 5.53. The fourth-order valence-corrected chi connectivity index (χ4v) is 3.31. The molecule has 2 fully saturated rings. The molecule has 96 valence electrons. The van der Waals surface area contributed by atoms with E-state index in [9.17, 15) is 4.39 Å². The number of hydrogen-bond acceptors (Lipinski definition) is 0. The van der Waals surface area contributed by atoms with E-state index in [-0.39, 0.29) is 0 Å². The molecule has 0 amide bonds. The molecule has 16 heavy (non-hydrogen) atoms. The molecule has 0 spiro atoms. The van der Waals surface area contributed by atoms with Gasteiger partial charge in [0.1, 0.15) is 6.17 Å². The van der Waals surface area contributed by atoms with Gasteiger partial charge in [-0.3, -0.25) is 0 Å². The van der Waals surface area contributed by atoms with Crippen molar-refractivity contribution in [2.75, 3.05) is 0 Å². The van der Waals surface area contributed by atoms with E-state index < -0.39 is 6.17 Å². The Morgan fingerprint density at radius 1 is 0.688 bits per heavy atom. The zero-order chi connectivity index (χ0) is 12.0. The van der Waals surface area contributed by atoms with E-state index in [1.165, 1.54) is 38.5 Å². The van der Waals surface area contributed by atoms with Gasteiger partial charge >= 0.3 is 0 Å². The molecule has 0 aromatic carbocycles. The Morgan fingerprint density at radius 2 is 1.06 bits per heavy atom. The number of halogens is 1. The summed E-state index contributed by atoms with van der Waals surface area (Å²) < 4.78 is 13.0. The van der Waals surface area contributed by atoms with E-state index in [4.69, 9.17) is 0 Å². The van der Waals surface area contributed by atoms with Crippen LogP contribution in [-0.2, 0) is 0 Å². The Labute approximate surface area is 101 Å². The fourth-order valence-electron chi connectivity index (χ4n) is 3.31. The van der Waals surface area contributed by atoms with Crippen molar-refractivity contribution in [3.8, 4) is 0 Å². The average molecular weight is 228 g/mol. The highest BCUT2D eigenvalue weighted by Gasteiger charge is 2.29. The maximum Gasteiger partial charge on any atom is 0.100 e. The smallest absolute Gasteiger partial charge is 0.100 e. The molecule has 0 radical (unpaired) electrons. The van der Waals surface area contributed by atoms with Gasteiger partial charge in [-0.2, -0.15) is 0 Å². The van der Waals surface area contributed by atoms with Crippen molar-refractivity contribution in [1.82, 2.24) is 0 Å². The van der Waals surface area contributed by atoms with Gasteiger partial charge in [-0.25, -0.2) is 4.39 Å². The second kappa shape index (κ2) is 7.29. The summed E-state index contributed by atoms with van der Waals surface area (Å²) in [4.78, 5) is 0. The summed E-state index contributed by atoms with van der Waals surface area (Å²) in [5.41, 5.74) is 0. The largest absolute Gasteiger partial charge is 0.247 e. The minimum atomic E-state index is -0.478. The molecule has 0 heterocycles. The summed E-state index contributed by atoms with van der Waals surface area (Å²) >= 11 is 0. The topological polar surface area (TPSA) is 0 Å². The predicted molar refractivity (Wildman–Crippen MR) is 69.3 cm³/mol. The third-order valence-corrected chi connectivity index (χ3v) is 4.43. The van der Waals surface area contributed by atoms with E-state index in [0.29, 0.717) is 0 Å². The van der Waals surface area contributed by atoms with Crippen LogP contribution in [0.4, 0.5) is 4.39 Å². The molecule has 0 saturated heterocycles. The average Bonchev–Trinajstić information content (AvgIpc) is 2.34. The van der Waals surface area contributed by atoms with Crippen LogP contribution in [0.25, 0.3) is 0 Å².